The van der Waals surface area contributed by atoms with Crippen LogP contribution in [0.25, 0.3) is 0 Å². The van der Waals surface area contributed by atoms with E-state index in [0.717, 1.165) is 11.3 Å². The maximum absolute atomic E-state index is 12.2. The van der Waals surface area contributed by atoms with E-state index in [1.165, 1.54) is 18.2 Å². The van der Waals surface area contributed by atoms with E-state index in [4.69, 9.17) is 11.6 Å². The molecule has 0 unspecified atom stereocenters. The van der Waals surface area contributed by atoms with Crippen molar-refractivity contribution in [3.8, 4) is 0 Å². The molecule has 0 fully saturated rings. The van der Waals surface area contributed by atoms with Gasteiger partial charge < -0.3 is 5.11 Å². The van der Waals surface area contributed by atoms with E-state index in [9.17, 15) is 18.3 Å². The van der Waals surface area contributed by atoms with E-state index in [0.29, 0.717) is 13.3 Å². The molecule has 0 atom stereocenters. The predicted molar refractivity (Wildman–Crippen MR) is 88.9 cm³/mol. The third-order valence-electron chi connectivity index (χ3n) is 2.34. The van der Waals surface area contributed by atoms with Crippen molar-refractivity contribution >= 4 is 76.5 Å². The van der Waals surface area contributed by atoms with Crippen molar-refractivity contribution < 1.29 is 18.3 Å². The lowest BCUT2D eigenvalue weighted by Gasteiger charge is -2.12. The molecule has 5 nitrogen and oxygen atoms in total. The minimum Gasteiger partial charge on any atom is -0.478 e. The molecule has 0 spiro atoms. The summed E-state index contributed by atoms with van der Waals surface area (Å²) in [5, 5.41) is 9.19. The Labute approximate surface area is 146 Å². The Balaban J connectivity index is 2.51. The van der Waals surface area contributed by atoms with Gasteiger partial charge in [-0.3, -0.25) is 4.72 Å². The van der Waals surface area contributed by atoms with Crippen molar-refractivity contribution in [1.29, 1.82) is 0 Å². The second kappa shape index (κ2) is 6.25. The molecule has 1 aromatic heterocycles. The van der Waals surface area contributed by atoms with E-state index in [2.05, 4.69) is 36.6 Å². The summed E-state index contributed by atoms with van der Waals surface area (Å²) in [7, 11) is -3.91. The van der Waals surface area contributed by atoms with Crippen LogP contribution in [0.2, 0.25) is 4.34 Å². The van der Waals surface area contributed by atoms with Crippen LogP contribution in [0, 0.1) is 0 Å². The fourth-order valence-corrected chi connectivity index (χ4v) is 5.51. The molecule has 0 saturated carbocycles. The zero-order valence-corrected chi connectivity index (χ0v) is 15.5. The Morgan fingerprint density at radius 2 is 1.95 bits per heavy atom. The van der Waals surface area contributed by atoms with E-state index in [1.807, 2.05) is 0 Å². The summed E-state index contributed by atoms with van der Waals surface area (Å²) in [5.74, 6) is -1.25. The molecule has 1 aromatic carbocycles. The molecule has 2 aromatic rings. The van der Waals surface area contributed by atoms with Gasteiger partial charge in [0.2, 0.25) is 0 Å². The van der Waals surface area contributed by atoms with Gasteiger partial charge in [-0.1, -0.05) is 27.5 Å². The van der Waals surface area contributed by atoms with E-state index < -0.39 is 16.0 Å². The highest BCUT2D eigenvalue weighted by Crippen LogP contribution is 2.34. The Kier molecular flexibility index (Phi) is 4.99. The maximum Gasteiger partial charge on any atom is 0.337 e. The molecule has 1 heterocycles. The SMILES string of the molecule is O=C(O)c1cc(Br)cc(Br)c1NS(=O)(=O)c1ccc(Cl)s1. The fraction of sp³-hybridized carbons (Fsp3) is 0. The number of thiophene rings is 1. The van der Waals surface area contributed by atoms with Crippen LogP contribution in [0.15, 0.2) is 37.4 Å². The number of hydrogen-bond donors (Lipinski definition) is 2. The number of carboxylic acids is 1. The molecule has 21 heavy (non-hydrogen) atoms. The van der Waals surface area contributed by atoms with Gasteiger partial charge in [0.1, 0.15) is 4.21 Å². The topological polar surface area (TPSA) is 83.5 Å². The Hall–Kier alpha value is -0.610. The number of carboxylic acid groups (broad SMARTS) is 1. The highest BCUT2D eigenvalue weighted by atomic mass is 79.9. The minimum atomic E-state index is -3.91. The Bertz CT molecular complexity index is 820. The lowest BCUT2D eigenvalue weighted by atomic mass is 10.2. The standard InChI is InChI=1S/C11H6Br2ClNO4S2/c12-5-3-6(11(16)17)10(7(13)4-5)15-21(18,19)9-2-1-8(14)20-9/h1-4,15H,(H,16,17). The smallest absolute Gasteiger partial charge is 0.337 e. The van der Waals surface area contributed by atoms with Crippen molar-refractivity contribution in [3.05, 3.63) is 43.1 Å². The molecule has 2 N–H and O–H groups in total. The first-order chi connectivity index (χ1) is 9.70. The van der Waals surface area contributed by atoms with Gasteiger partial charge in [0.15, 0.2) is 0 Å². The van der Waals surface area contributed by atoms with Crippen LogP contribution < -0.4 is 4.72 Å². The third kappa shape index (κ3) is 3.78. The summed E-state index contributed by atoms with van der Waals surface area (Å²) in [6.45, 7) is 0. The molecule has 10 heteroatoms. The first kappa shape index (κ1) is 16.8. The number of carbonyl (C=O) groups is 1. The van der Waals surface area contributed by atoms with E-state index in [1.54, 1.807) is 6.07 Å². The van der Waals surface area contributed by atoms with Crippen LogP contribution in [0.4, 0.5) is 5.69 Å². The summed E-state index contributed by atoms with van der Waals surface area (Å²) in [6.07, 6.45) is 0. The van der Waals surface area contributed by atoms with Gasteiger partial charge in [-0.2, -0.15) is 0 Å². The summed E-state index contributed by atoms with van der Waals surface area (Å²) < 4.78 is 27.9. The predicted octanol–water partition coefficient (Wildman–Crippen LogP) is 4.43. The molecular formula is C11H6Br2ClNO4S2. The number of halogens is 3. The number of rotatable bonds is 4. The number of aromatic carboxylic acids is 1. The molecule has 0 amide bonds. The second-order valence-corrected chi connectivity index (χ2v) is 9.17. The fourth-order valence-electron chi connectivity index (χ4n) is 1.47. The molecule has 0 saturated heterocycles. The summed E-state index contributed by atoms with van der Waals surface area (Å²) in [5.41, 5.74) is -0.224. The lowest BCUT2D eigenvalue weighted by molar-refractivity contribution is 0.0698. The van der Waals surface area contributed by atoms with Gasteiger partial charge in [0, 0.05) is 8.95 Å². The summed E-state index contributed by atoms with van der Waals surface area (Å²) in [6, 6.07) is 5.66. The average Bonchev–Trinajstić information content (AvgIpc) is 2.79. The monoisotopic (exact) mass is 473 g/mol. The number of anilines is 1. The molecule has 0 bridgehead atoms. The van der Waals surface area contributed by atoms with Gasteiger partial charge >= 0.3 is 5.97 Å². The second-order valence-electron chi connectivity index (χ2n) is 3.78. The largest absolute Gasteiger partial charge is 0.478 e. The van der Waals surface area contributed by atoms with Crippen LogP contribution in [0.1, 0.15) is 10.4 Å². The third-order valence-corrected chi connectivity index (χ3v) is 6.49. The van der Waals surface area contributed by atoms with E-state index >= 15 is 0 Å². The van der Waals surface area contributed by atoms with Crippen molar-refractivity contribution in [3.63, 3.8) is 0 Å². The number of sulfonamides is 1. The van der Waals surface area contributed by atoms with Crippen LogP contribution >= 0.6 is 54.8 Å². The van der Waals surface area contributed by atoms with Crippen LogP contribution in [-0.2, 0) is 10.0 Å². The Morgan fingerprint density at radius 3 is 2.48 bits per heavy atom. The van der Waals surface area contributed by atoms with Crippen molar-refractivity contribution in [2.24, 2.45) is 0 Å². The van der Waals surface area contributed by atoms with Gasteiger partial charge in [-0.05, 0) is 40.2 Å². The molecule has 112 valence electrons. The highest BCUT2D eigenvalue weighted by Gasteiger charge is 2.22. The van der Waals surface area contributed by atoms with Crippen molar-refractivity contribution in [2.75, 3.05) is 4.72 Å². The van der Waals surface area contributed by atoms with Crippen LogP contribution in [-0.4, -0.2) is 19.5 Å². The summed E-state index contributed by atoms with van der Waals surface area (Å²) in [4.78, 5) is 11.3. The minimum absolute atomic E-state index is 0.00124. The Morgan fingerprint density at radius 1 is 1.29 bits per heavy atom. The van der Waals surface area contributed by atoms with Gasteiger partial charge in [-0.15, -0.1) is 11.3 Å². The van der Waals surface area contributed by atoms with Crippen LogP contribution in [0.5, 0.6) is 0 Å². The molecule has 0 radical (unpaired) electrons. The van der Waals surface area contributed by atoms with Crippen molar-refractivity contribution in [2.45, 2.75) is 4.21 Å². The van der Waals surface area contributed by atoms with Gasteiger partial charge in [0.25, 0.3) is 10.0 Å². The van der Waals surface area contributed by atoms with Gasteiger partial charge in [0.05, 0.1) is 15.6 Å². The molecular weight excluding hydrogens is 470 g/mol. The van der Waals surface area contributed by atoms with Gasteiger partial charge in [-0.25, -0.2) is 13.2 Å². The lowest BCUT2D eigenvalue weighted by Crippen LogP contribution is -2.15. The maximum atomic E-state index is 12.2. The molecule has 0 aliphatic rings. The first-order valence-electron chi connectivity index (χ1n) is 5.21. The average molecular weight is 476 g/mol. The summed E-state index contributed by atoms with van der Waals surface area (Å²) >= 11 is 12.9. The highest BCUT2D eigenvalue weighted by molar-refractivity contribution is 9.11. The number of benzene rings is 1. The zero-order chi connectivity index (χ0) is 15.8. The van der Waals surface area contributed by atoms with Crippen molar-refractivity contribution in [1.82, 2.24) is 0 Å². The molecule has 2 rings (SSSR count). The zero-order valence-electron chi connectivity index (χ0n) is 9.93. The number of hydrogen-bond acceptors (Lipinski definition) is 4. The first-order valence-corrected chi connectivity index (χ1v) is 9.47. The van der Waals surface area contributed by atoms with Crippen LogP contribution in [0.3, 0.4) is 0 Å². The normalized spacial score (nSPS) is 11.4. The quantitative estimate of drug-likeness (QED) is 0.686. The molecule has 0 aliphatic carbocycles. The number of nitrogens with one attached hydrogen (secondary N) is 1. The molecule has 0 aliphatic heterocycles. The van der Waals surface area contributed by atoms with E-state index in [-0.39, 0.29) is 15.5 Å².